The van der Waals surface area contributed by atoms with Crippen LogP contribution in [0.15, 0.2) is 18.2 Å². The number of piperidine rings is 1. The number of hydrogen-bond donors (Lipinski definition) is 1. The van der Waals surface area contributed by atoms with Crippen molar-refractivity contribution in [2.24, 2.45) is 0 Å². The van der Waals surface area contributed by atoms with Crippen molar-refractivity contribution in [1.82, 2.24) is 10.2 Å². The summed E-state index contributed by atoms with van der Waals surface area (Å²) in [6, 6.07) is 6.72. The Hall–Kier alpha value is -1.39. The molecule has 1 saturated carbocycles. The summed E-state index contributed by atoms with van der Waals surface area (Å²) in [6.45, 7) is 6.11. The van der Waals surface area contributed by atoms with Crippen LogP contribution < -0.4 is 10.2 Å². The molecular weight excluding hydrogens is 310 g/mol. The van der Waals surface area contributed by atoms with E-state index in [2.05, 4.69) is 61.3 Å². The lowest BCUT2D eigenvalue weighted by Crippen LogP contribution is -2.63. The monoisotopic (exact) mass is 343 g/mol. The van der Waals surface area contributed by atoms with Crippen LogP contribution in [0.1, 0.15) is 49.7 Å². The molecule has 138 valence electrons. The van der Waals surface area contributed by atoms with Gasteiger partial charge in [-0.1, -0.05) is 31.0 Å². The van der Waals surface area contributed by atoms with Gasteiger partial charge in [0.25, 0.3) is 0 Å². The first kappa shape index (κ1) is 18.4. The summed E-state index contributed by atoms with van der Waals surface area (Å²) in [5.74, 6) is 0.309. The maximum atomic E-state index is 14.0. The number of nitrogens with zero attached hydrogens (tertiary/aromatic N) is 2. The number of aryl methyl sites for hydroxylation is 2. The first-order valence-corrected chi connectivity index (χ1v) is 9.75. The number of likely N-dealkylation sites (N-methyl/N-ethyl adjacent to an activating group) is 1. The average Bonchev–Trinajstić information content (AvgIpc) is 3.12. The number of nitrogens with one attached hydrogen (secondary N) is 1. The van der Waals surface area contributed by atoms with Gasteiger partial charge in [-0.25, -0.2) is 0 Å². The Morgan fingerprint density at radius 2 is 1.64 bits per heavy atom. The Morgan fingerprint density at radius 1 is 1.08 bits per heavy atom. The lowest BCUT2D eigenvalue weighted by atomic mass is 9.84. The fourth-order valence-electron chi connectivity index (χ4n) is 4.71. The highest BCUT2D eigenvalue weighted by atomic mass is 16.2. The summed E-state index contributed by atoms with van der Waals surface area (Å²) in [4.78, 5) is 18.4. The van der Waals surface area contributed by atoms with E-state index in [1.165, 1.54) is 24.0 Å². The molecular formula is C21H33N3O. The second-order valence-electron chi connectivity index (χ2n) is 8.03. The minimum absolute atomic E-state index is 0.309. The van der Waals surface area contributed by atoms with Gasteiger partial charge >= 0.3 is 0 Å². The predicted molar refractivity (Wildman–Crippen MR) is 104 cm³/mol. The van der Waals surface area contributed by atoms with Gasteiger partial charge < -0.3 is 10.2 Å². The van der Waals surface area contributed by atoms with Crippen molar-refractivity contribution in [3.05, 3.63) is 29.3 Å². The van der Waals surface area contributed by atoms with Crippen LogP contribution in [-0.2, 0) is 4.79 Å². The molecule has 2 aliphatic rings. The Morgan fingerprint density at radius 3 is 2.16 bits per heavy atom. The number of benzene rings is 1. The van der Waals surface area contributed by atoms with Crippen LogP contribution in [0, 0.1) is 13.8 Å². The van der Waals surface area contributed by atoms with Crippen molar-refractivity contribution in [1.29, 1.82) is 0 Å². The van der Waals surface area contributed by atoms with Gasteiger partial charge in [0.05, 0.1) is 0 Å². The molecule has 1 N–H and O–H groups in total. The van der Waals surface area contributed by atoms with Crippen LogP contribution >= 0.6 is 0 Å². The molecule has 1 aromatic carbocycles. The molecule has 4 nitrogen and oxygen atoms in total. The lowest BCUT2D eigenvalue weighted by Gasteiger charge is -2.46. The van der Waals surface area contributed by atoms with Crippen LogP contribution in [0.5, 0.6) is 0 Å². The van der Waals surface area contributed by atoms with E-state index in [1.807, 2.05) is 0 Å². The molecule has 25 heavy (non-hydrogen) atoms. The highest BCUT2D eigenvalue weighted by Crippen LogP contribution is 2.37. The molecule has 1 saturated heterocycles. The predicted octanol–water partition coefficient (Wildman–Crippen LogP) is 3.26. The normalized spacial score (nSPS) is 20.8. The van der Waals surface area contributed by atoms with Crippen molar-refractivity contribution in [3.63, 3.8) is 0 Å². The van der Waals surface area contributed by atoms with Crippen LogP contribution in [0.3, 0.4) is 0 Å². The number of anilines is 1. The summed E-state index contributed by atoms with van der Waals surface area (Å²) in [5, 5.41) is 3.42. The maximum Gasteiger partial charge on any atom is 0.247 e. The molecule has 1 aliphatic heterocycles. The summed E-state index contributed by atoms with van der Waals surface area (Å²) in [5.41, 5.74) is 3.19. The van der Waals surface area contributed by atoms with E-state index in [1.54, 1.807) is 0 Å². The Kier molecular flexibility index (Phi) is 5.49. The van der Waals surface area contributed by atoms with Crippen LogP contribution in [-0.4, -0.2) is 49.6 Å². The fraction of sp³-hybridized carbons (Fsp3) is 0.667. The van der Waals surface area contributed by atoms with Gasteiger partial charge in [-0.15, -0.1) is 0 Å². The van der Waals surface area contributed by atoms with Gasteiger partial charge in [-0.2, -0.15) is 0 Å². The standard InChI is InChI=1S/C21H33N3O/c1-16-8-7-9-17(2)19(16)24(18-10-5-6-11-18)20(25)21(23(3)4)12-14-22-15-13-21/h7-9,18,22H,5-6,10-15H2,1-4H3. The van der Waals surface area contributed by atoms with Gasteiger partial charge in [0, 0.05) is 11.7 Å². The lowest BCUT2D eigenvalue weighted by molar-refractivity contribution is -0.131. The molecule has 0 radical (unpaired) electrons. The molecule has 0 atom stereocenters. The van der Waals surface area contributed by atoms with Crippen LogP contribution in [0.2, 0.25) is 0 Å². The van der Waals surface area contributed by atoms with E-state index in [0.717, 1.165) is 44.5 Å². The third-order valence-electron chi connectivity index (χ3n) is 6.27. The van der Waals surface area contributed by atoms with Crippen molar-refractivity contribution < 1.29 is 4.79 Å². The number of amides is 1. The van der Waals surface area contributed by atoms with Crippen LogP contribution in [0.4, 0.5) is 5.69 Å². The van der Waals surface area contributed by atoms with Gasteiger partial charge in [-0.05, 0) is 77.8 Å². The van der Waals surface area contributed by atoms with E-state index in [0.29, 0.717) is 11.9 Å². The van der Waals surface area contributed by atoms with Gasteiger partial charge in [-0.3, -0.25) is 9.69 Å². The number of carbonyl (C=O) groups is 1. The highest BCUT2D eigenvalue weighted by molar-refractivity contribution is 6.02. The van der Waals surface area contributed by atoms with E-state index in [4.69, 9.17) is 0 Å². The summed E-state index contributed by atoms with van der Waals surface area (Å²) in [6.07, 6.45) is 6.48. The van der Waals surface area contributed by atoms with Crippen LogP contribution in [0.25, 0.3) is 0 Å². The first-order valence-electron chi connectivity index (χ1n) is 9.75. The number of rotatable bonds is 4. The zero-order valence-electron chi connectivity index (χ0n) is 16.3. The minimum atomic E-state index is -0.386. The molecule has 2 fully saturated rings. The van der Waals surface area contributed by atoms with Gasteiger partial charge in [0.1, 0.15) is 5.54 Å². The number of para-hydroxylation sites is 1. The fourth-order valence-corrected chi connectivity index (χ4v) is 4.71. The molecule has 4 heteroatoms. The Balaban J connectivity index is 2.06. The summed E-state index contributed by atoms with van der Waals surface area (Å²) in [7, 11) is 4.14. The molecule has 0 bridgehead atoms. The van der Waals surface area contributed by atoms with E-state index in [9.17, 15) is 4.79 Å². The molecule has 0 aromatic heterocycles. The number of hydrogen-bond acceptors (Lipinski definition) is 3. The third kappa shape index (κ3) is 3.34. The largest absolute Gasteiger partial charge is 0.317 e. The second-order valence-corrected chi connectivity index (χ2v) is 8.03. The van der Waals surface area contributed by atoms with Crippen molar-refractivity contribution in [2.45, 2.75) is 64.0 Å². The smallest absolute Gasteiger partial charge is 0.247 e. The van der Waals surface area contributed by atoms with Crippen molar-refractivity contribution in [3.8, 4) is 0 Å². The summed E-state index contributed by atoms with van der Waals surface area (Å²) < 4.78 is 0. The first-order chi connectivity index (χ1) is 12.0. The molecule has 1 amide bonds. The van der Waals surface area contributed by atoms with Gasteiger partial charge in [0.15, 0.2) is 0 Å². The highest BCUT2D eigenvalue weighted by Gasteiger charge is 2.46. The molecule has 0 unspecified atom stereocenters. The minimum Gasteiger partial charge on any atom is -0.317 e. The Bertz CT molecular complexity index is 593. The molecule has 0 spiro atoms. The Labute approximate surface area is 152 Å². The number of carbonyl (C=O) groups excluding carboxylic acids is 1. The quantitative estimate of drug-likeness (QED) is 0.911. The topological polar surface area (TPSA) is 35.6 Å². The van der Waals surface area contributed by atoms with E-state index < -0.39 is 0 Å². The maximum absolute atomic E-state index is 14.0. The molecule has 1 aromatic rings. The van der Waals surface area contributed by atoms with E-state index in [-0.39, 0.29) is 5.54 Å². The summed E-state index contributed by atoms with van der Waals surface area (Å²) >= 11 is 0. The second kappa shape index (κ2) is 7.46. The van der Waals surface area contributed by atoms with Gasteiger partial charge in [0.2, 0.25) is 5.91 Å². The van der Waals surface area contributed by atoms with Crippen molar-refractivity contribution >= 4 is 11.6 Å². The SMILES string of the molecule is Cc1cccc(C)c1N(C(=O)C1(N(C)C)CCNCC1)C1CCCC1. The zero-order valence-corrected chi connectivity index (χ0v) is 16.3. The molecule has 1 heterocycles. The van der Waals surface area contributed by atoms with E-state index >= 15 is 0 Å². The molecule has 3 rings (SSSR count). The van der Waals surface area contributed by atoms with Crippen molar-refractivity contribution in [2.75, 3.05) is 32.1 Å². The molecule has 1 aliphatic carbocycles. The average molecular weight is 344 g/mol. The zero-order chi connectivity index (χ0) is 18.0. The third-order valence-corrected chi connectivity index (χ3v) is 6.27.